The number of nitroso groups, excluding NO2 is 1. The van der Waals surface area contributed by atoms with Gasteiger partial charge in [-0.05, 0) is 22.6 Å². The Morgan fingerprint density at radius 1 is 1.07 bits per heavy atom. The Labute approximate surface area is 161 Å². The highest BCUT2D eigenvalue weighted by Gasteiger charge is 2.19. The van der Waals surface area contributed by atoms with Gasteiger partial charge in [-0.15, -0.1) is 4.91 Å². The highest BCUT2D eigenvalue weighted by molar-refractivity contribution is 5.93. The highest BCUT2D eigenvalue weighted by atomic mass is 16.3. The van der Waals surface area contributed by atoms with Crippen molar-refractivity contribution in [2.45, 2.75) is 26.2 Å². The number of benzene rings is 2. The van der Waals surface area contributed by atoms with Crippen molar-refractivity contribution in [3.05, 3.63) is 81.1 Å². The summed E-state index contributed by atoms with van der Waals surface area (Å²) in [5.74, 6) is -2.03. The van der Waals surface area contributed by atoms with Gasteiger partial charge < -0.3 is 5.11 Å². The van der Waals surface area contributed by atoms with Crippen LogP contribution in [0.25, 0.3) is 16.8 Å². The van der Waals surface area contributed by atoms with Gasteiger partial charge in [0, 0.05) is 10.7 Å². The maximum Gasteiger partial charge on any atom is 0.341 e. The van der Waals surface area contributed by atoms with Crippen molar-refractivity contribution in [2.75, 3.05) is 0 Å². The van der Waals surface area contributed by atoms with Gasteiger partial charge in [0.2, 0.25) is 5.69 Å². The molecule has 0 spiro atoms. The van der Waals surface area contributed by atoms with Crippen molar-refractivity contribution in [1.29, 1.82) is 0 Å². The lowest BCUT2D eigenvalue weighted by Gasteiger charge is -2.19. The number of rotatable bonds is 3. The molecule has 0 saturated heterocycles. The van der Waals surface area contributed by atoms with E-state index in [9.17, 15) is 19.6 Å². The van der Waals surface area contributed by atoms with E-state index in [0.29, 0.717) is 5.69 Å². The average molecular weight is 377 g/mol. The lowest BCUT2D eigenvalue weighted by atomic mass is 9.86. The number of carbonyl (C=O) groups is 1. The van der Waals surface area contributed by atoms with Gasteiger partial charge in [-0.2, -0.15) is 5.10 Å². The zero-order valence-electron chi connectivity index (χ0n) is 15.7. The summed E-state index contributed by atoms with van der Waals surface area (Å²) in [6.45, 7) is 6.38. The van der Waals surface area contributed by atoms with Crippen molar-refractivity contribution >= 4 is 5.91 Å². The summed E-state index contributed by atoms with van der Waals surface area (Å²) in [6, 6.07) is 15.2. The second-order valence-corrected chi connectivity index (χ2v) is 7.38. The van der Waals surface area contributed by atoms with Gasteiger partial charge in [0.05, 0.1) is 11.9 Å². The molecule has 1 heterocycles. The molecule has 0 unspecified atom stereocenters. The van der Waals surface area contributed by atoms with Gasteiger partial charge in [0.1, 0.15) is 0 Å². The van der Waals surface area contributed by atoms with E-state index in [0.717, 1.165) is 17.3 Å². The van der Waals surface area contributed by atoms with Crippen molar-refractivity contribution in [1.82, 2.24) is 9.78 Å². The van der Waals surface area contributed by atoms with E-state index in [1.807, 2.05) is 36.4 Å². The monoisotopic (exact) mass is 377 g/mol. The van der Waals surface area contributed by atoms with Crippen LogP contribution >= 0.6 is 0 Å². The molecular formula is C21H19N3O4. The second-order valence-electron chi connectivity index (χ2n) is 7.38. The summed E-state index contributed by atoms with van der Waals surface area (Å²) in [4.78, 5) is 34.0. The molecule has 3 rings (SSSR count). The van der Waals surface area contributed by atoms with Crippen LogP contribution < -0.4 is 5.43 Å². The fraction of sp³-hybridized carbons (Fsp3) is 0.190. The Morgan fingerprint density at radius 3 is 2.32 bits per heavy atom. The zero-order valence-corrected chi connectivity index (χ0v) is 15.7. The molecule has 3 aromatic rings. The summed E-state index contributed by atoms with van der Waals surface area (Å²) in [6.07, 6.45) is 1.10. The number of carbonyl (C=O) groups excluding carboxylic acids is 1. The van der Waals surface area contributed by atoms with Crippen LogP contribution in [0.15, 0.2) is 64.7 Å². The molecule has 2 aromatic carbocycles. The first-order valence-corrected chi connectivity index (χ1v) is 8.63. The van der Waals surface area contributed by atoms with Crippen LogP contribution in [0.1, 0.15) is 36.8 Å². The van der Waals surface area contributed by atoms with E-state index in [1.165, 1.54) is 10.2 Å². The molecule has 0 saturated carbocycles. The third-order valence-electron chi connectivity index (χ3n) is 4.40. The van der Waals surface area contributed by atoms with Gasteiger partial charge >= 0.3 is 5.91 Å². The highest BCUT2D eigenvalue weighted by Crippen LogP contribution is 2.29. The smallest absolute Gasteiger partial charge is 0.341 e. The summed E-state index contributed by atoms with van der Waals surface area (Å²) in [5, 5.41) is 16.1. The molecule has 7 nitrogen and oxygen atoms in total. The number of aromatic hydroxyl groups is 1. The standard InChI is InChI=1S/C21H19N3O4/c1-21(2,3)14-10-8-13(9-11-14)15-6-4-5-7-16(15)24-12-17(25)19(26)18(22-24)20(27)23-28/h4-12,25H,1-3H3. The van der Waals surface area contributed by atoms with Crippen molar-refractivity contribution in [3.63, 3.8) is 0 Å². The zero-order chi connectivity index (χ0) is 20.5. The molecule has 1 amide bonds. The predicted octanol–water partition coefficient (Wildman–Crippen LogP) is 3.81. The fourth-order valence-corrected chi connectivity index (χ4v) is 2.85. The molecule has 0 fully saturated rings. The molecule has 28 heavy (non-hydrogen) atoms. The maximum atomic E-state index is 11.9. The summed E-state index contributed by atoms with van der Waals surface area (Å²) < 4.78 is 1.20. The summed E-state index contributed by atoms with van der Waals surface area (Å²) in [7, 11) is 0. The van der Waals surface area contributed by atoms with Crippen LogP contribution in [0, 0.1) is 4.91 Å². The quantitative estimate of drug-likeness (QED) is 0.699. The number of hydrogen-bond donors (Lipinski definition) is 1. The molecule has 0 radical (unpaired) electrons. The van der Waals surface area contributed by atoms with E-state index in [4.69, 9.17) is 0 Å². The molecule has 142 valence electrons. The Balaban J connectivity index is 2.16. The SMILES string of the molecule is CC(C)(C)c1ccc(-c2ccccc2-n2cc(O)c(=O)c(C(=O)N=O)n2)cc1. The lowest BCUT2D eigenvalue weighted by molar-refractivity contribution is 0.0992. The van der Waals surface area contributed by atoms with Gasteiger partial charge in [-0.1, -0.05) is 63.2 Å². The summed E-state index contributed by atoms with van der Waals surface area (Å²) >= 11 is 0. The molecule has 0 aliphatic rings. The van der Waals surface area contributed by atoms with Gasteiger partial charge in [0.25, 0.3) is 5.43 Å². The summed E-state index contributed by atoms with van der Waals surface area (Å²) in [5.41, 5.74) is 1.63. The number of para-hydroxylation sites is 1. The number of amides is 1. The Hall–Kier alpha value is -3.61. The third-order valence-corrected chi connectivity index (χ3v) is 4.40. The molecule has 0 bridgehead atoms. The van der Waals surface area contributed by atoms with E-state index >= 15 is 0 Å². The molecular weight excluding hydrogens is 358 g/mol. The van der Waals surface area contributed by atoms with Crippen molar-refractivity contribution in [2.24, 2.45) is 5.18 Å². The average Bonchev–Trinajstić information content (AvgIpc) is 2.69. The first kappa shape index (κ1) is 19.2. The van der Waals surface area contributed by atoms with Crippen LogP contribution in [-0.4, -0.2) is 20.8 Å². The Kier molecular flexibility index (Phi) is 4.92. The van der Waals surface area contributed by atoms with Crippen LogP contribution in [0.4, 0.5) is 0 Å². The normalized spacial score (nSPS) is 11.2. The minimum Gasteiger partial charge on any atom is -0.503 e. The Morgan fingerprint density at radius 2 is 1.71 bits per heavy atom. The fourth-order valence-electron chi connectivity index (χ4n) is 2.85. The van der Waals surface area contributed by atoms with Gasteiger partial charge in [-0.3, -0.25) is 9.59 Å². The molecule has 1 aromatic heterocycles. The second kappa shape index (κ2) is 7.19. The van der Waals surface area contributed by atoms with E-state index in [1.54, 1.807) is 12.1 Å². The molecule has 0 atom stereocenters. The van der Waals surface area contributed by atoms with Gasteiger partial charge in [-0.25, -0.2) is 4.68 Å². The predicted molar refractivity (Wildman–Crippen MR) is 106 cm³/mol. The Bertz CT molecular complexity index is 1110. The minimum absolute atomic E-state index is 0.0151. The van der Waals surface area contributed by atoms with Crippen LogP contribution in [0.3, 0.4) is 0 Å². The minimum atomic E-state index is -1.33. The van der Waals surface area contributed by atoms with Crippen molar-refractivity contribution < 1.29 is 9.90 Å². The van der Waals surface area contributed by atoms with E-state index < -0.39 is 22.8 Å². The van der Waals surface area contributed by atoms with Crippen molar-refractivity contribution in [3.8, 4) is 22.6 Å². The maximum absolute atomic E-state index is 11.9. The molecule has 0 aliphatic carbocycles. The third kappa shape index (κ3) is 3.59. The number of hydrogen-bond acceptors (Lipinski definition) is 5. The topological polar surface area (TPSA) is 102 Å². The number of aromatic nitrogens is 2. The van der Waals surface area contributed by atoms with Crippen LogP contribution in [0.2, 0.25) is 0 Å². The lowest BCUT2D eigenvalue weighted by Crippen LogP contribution is -2.20. The van der Waals surface area contributed by atoms with Crippen LogP contribution in [0.5, 0.6) is 5.75 Å². The first-order valence-electron chi connectivity index (χ1n) is 8.63. The van der Waals surface area contributed by atoms with E-state index in [2.05, 4.69) is 31.0 Å². The molecule has 7 heteroatoms. The largest absolute Gasteiger partial charge is 0.503 e. The van der Waals surface area contributed by atoms with E-state index in [-0.39, 0.29) is 5.41 Å². The number of nitrogens with zero attached hydrogens (tertiary/aromatic N) is 3. The molecule has 0 aliphatic heterocycles. The van der Waals surface area contributed by atoms with Gasteiger partial charge in [0.15, 0.2) is 5.75 Å². The van der Waals surface area contributed by atoms with Crippen LogP contribution in [-0.2, 0) is 5.41 Å². The first-order chi connectivity index (χ1) is 13.2. The molecule has 1 N–H and O–H groups in total.